The molecule has 1 aliphatic rings. The fourth-order valence-electron chi connectivity index (χ4n) is 3.18. The van der Waals surface area contributed by atoms with Crippen molar-refractivity contribution in [1.29, 1.82) is 0 Å². The van der Waals surface area contributed by atoms with Gasteiger partial charge in [0.15, 0.2) is 0 Å². The number of carboxylic acid groups (broad SMARTS) is 1. The Morgan fingerprint density at radius 3 is 2.88 bits per heavy atom. The lowest BCUT2D eigenvalue weighted by atomic mass is 10.0. The molecule has 2 N–H and O–H groups in total. The minimum absolute atomic E-state index is 0.0188. The van der Waals surface area contributed by atoms with E-state index in [0.717, 1.165) is 12.8 Å². The highest BCUT2D eigenvalue weighted by atomic mass is 16.6. The predicted molar refractivity (Wildman–Crippen MR) is 85.6 cm³/mol. The van der Waals surface area contributed by atoms with Gasteiger partial charge < -0.3 is 15.0 Å². The number of likely N-dealkylation sites (tertiary alicyclic amines) is 1. The maximum absolute atomic E-state index is 12.6. The summed E-state index contributed by atoms with van der Waals surface area (Å²) in [4.78, 5) is 38.7. The van der Waals surface area contributed by atoms with Crippen molar-refractivity contribution in [3.63, 3.8) is 0 Å². The topological polar surface area (TPSA) is 117 Å². The molecule has 1 aliphatic heterocycles. The highest BCUT2D eigenvalue weighted by Crippen LogP contribution is 2.25. The zero-order valence-corrected chi connectivity index (χ0v) is 12.9. The van der Waals surface area contributed by atoms with Crippen molar-refractivity contribution in [2.45, 2.75) is 31.7 Å². The van der Waals surface area contributed by atoms with Gasteiger partial charge in [0.05, 0.1) is 11.3 Å². The lowest BCUT2D eigenvalue weighted by molar-refractivity contribution is -0.384. The van der Waals surface area contributed by atoms with Crippen LogP contribution in [-0.2, 0) is 16.0 Å². The molecule has 2 heterocycles. The molecule has 3 rings (SSSR count). The molecule has 1 saturated heterocycles. The van der Waals surface area contributed by atoms with E-state index in [2.05, 4.69) is 4.98 Å². The summed E-state index contributed by atoms with van der Waals surface area (Å²) >= 11 is 0. The Balaban J connectivity index is 1.86. The maximum Gasteiger partial charge on any atom is 0.326 e. The van der Waals surface area contributed by atoms with Crippen LogP contribution in [0.1, 0.15) is 24.8 Å². The lowest BCUT2D eigenvalue weighted by Crippen LogP contribution is -2.48. The largest absolute Gasteiger partial charge is 0.480 e. The minimum atomic E-state index is -0.988. The second-order valence-electron chi connectivity index (χ2n) is 5.91. The number of nitrogens with one attached hydrogen (secondary N) is 1. The molecular weight excluding hydrogens is 314 g/mol. The van der Waals surface area contributed by atoms with Crippen molar-refractivity contribution in [2.75, 3.05) is 6.54 Å². The van der Waals surface area contributed by atoms with Gasteiger partial charge in [-0.2, -0.15) is 0 Å². The number of hydrogen-bond donors (Lipinski definition) is 2. The van der Waals surface area contributed by atoms with Crippen LogP contribution in [-0.4, -0.2) is 44.4 Å². The van der Waals surface area contributed by atoms with Crippen LogP contribution >= 0.6 is 0 Å². The standard InChI is InChI=1S/C16H17N3O5/c20-15(18-6-2-1-3-14(18)16(21)22)7-10-9-17-13-5-4-11(19(23)24)8-12(10)13/h4-5,8-9,14,17H,1-3,6-7H2,(H,21,22). The van der Waals surface area contributed by atoms with E-state index >= 15 is 0 Å². The molecule has 8 heteroatoms. The van der Waals surface area contributed by atoms with E-state index in [1.54, 1.807) is 12.3 Å². The summed E-state index contributed by atoms with van der Waals surface area (Å²) in [7, 11) is 0. The number of nitro groups is 1. The number of nitro benzene ring substituents is 1. The van der Waals surface area contributed by atoms with Crippen LogP contribution in [0, 0.1) is 10.1 Å². The number of hydrogen-bond acceptors (Lipinski definition) is 4. The van der Waals surface area contributed by atoms with Crippen LogP contribution in [0.25, 0.3) is 10.9 Å². The van der Waals surface area contributed by atoms with Crippen molar-refractivity contribution in [3.8, 4) is 0 Å². The predicted octanol–water partition coefficient (Wildman–Crippen LogP) is 2.08. The summed E-state index contributed by atoms with van der Waals surface area (Å²) < 4.78 is 0. The number of carboxylic acids is 1. The maximum atomic E-state index is 12.6. The highest BCUT2D eigenvalue weighted by molar-refractivity contribution is 5.91. The molecule has 2 aromatic rings. The Kier molecular flexibility index (Phi) is 4.20. The fourth-order valence-corrected chi connectivity index (χ4v) is 3.18. The van der Waals surface area contributed by atoms with Crippen molar-refractivity contribution in [2.24, 2.45) is 0 Å². The second-order valence-corrected chi connectivity index (χ2v) is 5.91. The monoisotopic (exact) mass is 331 g/mol. The molecule has 0 radical (unpaired) electrons. The molecule has 1 unspecified atom stereocenters. The molecular formula is C16H17N3O5. The van der Waals surface area contributed by atoms with Gasteiger partial charge in [0.1, 0.15) is 6.04 Å². The van der Waals surface area contributed by atoms with Crippen molar-refractivity contribution in [3.05, 3.63) is 40.1 Å². The molecule has 1 aromatic carbocycles. The first-order valence-corrected chi connectivity index (χ1v) is 7.74. The Morgan fingerprint density at radius 1 is 1.38 bits per heavy atom. The summed E-state index contributed by atoms with van der Waals surface area (Å²) in [5.41, 5.74) is 1.29. The summed E-state index contributed by atoms with van der Waals surface area (Å²) in [6.07, 6.45) is 3.70. The number of non-ortho nitro benzene ring substituents is 1. The second kappa shape index (κ2) is 6.31. The number of piperidine rings is 1. The first-order valence-electron chi connectivity index (χ1n) is 7.74. The quantitative estimate of drug-likeness (QED) is 0.657. The zero-order valence-electron chi connectivity index (χ0n) is 12.9. The smallest absolute Gasteiger partial charge is 0.326 e. The molecule has 0 aliphatic carbocycles. The molecule has 1 aromatic heterocycles. The van der Waals surface area contributed by atoms with Crippen LogP contribution in [0.3, 0.4) is 0 Å². The summed E-state index contributed by atoms with van der Waals surface area (Å²) in [5.74, 6) is -1.26. The van der Waals surface area contributed by atoms with Gasteiger partial charge in [-0.3, -0.25) is 14.9 Å². The van der Waals surface area contributed by atoms with Crippen LogP contribution in [0.4, 0.5) is 5.69 Å². The van der Waals surface area contributed by atoms with Gasteiger partial charge >= 0.3 is 5.97 Å². The number of aromatic amines is 1. The van der Waals surface area contributed by atoms with E-state index in [4.69, 9.17) is 0 Å². The van der Waals surface area contributed by atoms with Gasteiger partial charge in [-0.1, -0.05) is 0 Å². The molecule has 0 bridgehead atoms. The SMILES string of the molecule is O=C(O)C1CCCCN1C(=O)Cc1c[nH]c2ccc([N+](=O)[O-])cc12. The molecule has 126 valence electrons. The van der Waals surface area contributed by atoms with E-state index in [9.17, 15) is 24.8 Å². The normalized spacial score (nSPS) is 17.8. The number of carbonyl (C=O) groups is 2. The number of aromatic nitrogens is 1. The zero-order chi connectivity index (χ0) is 17.3. The Bertz CT molecular complexity index is 813. The van der Waals surface area contributed by atoms with Gasteiger partial charge in [0, 0.05) is 35.8 Å². The van der Waals surface area contributed by atoms with Crippen molar-refractivity contribution >= 4 is 28.5 Å². The third-order valence-electron chi connectivity index (χ3n) is 4.41. The van der Waals surface area contributed by atoms with Gasteiger partial charge in [-0.25, -0.2) is 4.79 Å². The van der Waals surface area contributed by atoms with Gasteiger partial charge in [-0.15, -0.1) is 0 Å². The number of carbonyl (C=O) groups excluding carboxylic acids is 1. The average molecular weight is 331 g/mol. The highest BCUT2D eigenvalue weighted by Gasteiger charge is 2.32. The number of amides is 1. The van der Waals surface area contributed by atoms with E-state index in [-0.39, 0.29) is 18.0 Å². The number of benzene rings is 1. The van der Waals surface area contributed by atoms with E-state index in [0.29, 0.717) is 29.4 Å². The van der Waals surface area contributed by atoms with Crippen molar-refractivity contribution < 1.29 is 19.6 Å². The Hall–Kier alpha value is -2.90. The van der Waals surface area contributed by atoms with E-state index in [1.807, 2.05) is 0 Å². The minimum Gasteiger partial charge on any atom is -0.480 e. The number of rotatable bonds is 4. The molecule has 8 nitrogen and oxygen atoms in total. The van der Waals surface area contributed by atoms with Gasteiger partial charge in [-0.05, 0) is 30.9 Å². The first kappa shape index (κ1) is 16.0. The summed E-state index contributed by atoms with van der Waals surface area (Å²) in [5, 5.41) is 20.8. The Morgan fingerprint density at radius 2 is 2.17 bits per heavy atom. The molecule has 0 spiro atoms. The molecule has 1 atom stereocenters. The molecule has 1 amide bonds. The summed E-state index contributed by atoms with van der Waals surface area (Å²) in [6, 6.07) is 3.64. The average Bonchev–Trinajstić information content (AvgIpc) is 2.97. The van der Waals surface area contributed by atoms with Crippen LogP contribution in [0.2, 0.25) is 0 Å². The number of nitrogens with zero attached hydrogens (tertiary/aromatic N) is 2. The van der Waals surface area contributed by atoms with Gasteiger partial charge in [0.2, 0.25) is 5.91 Å². The molecule has 1 fully saturated rings. The first-order chi connectivity index (χ1) is 11.5. The Labute approximate surface area is 137 Å². The van der Waals surface area contributed by atoms with E-state index in [1.165, 1.54) is 17.0 Å². The fraction of sp³-hybridized carbons (Fsp3) is 0.375. The number of fused-ring (bicyclic) bond motifs is 1. The summed E-state index contributed by atoms with van der Waals surface area (Å²) in [6.45, 7) is 0.429. The third kappa shape index (κ3) is 2.94. The van der Waals surface area contributed by atoms with Crippen LogP contribution in [0.5, 0.6) is 0 Å². The lowest BCUT2D eigenvalue weighted by Gasteiger charge is -2.33. The molecule has 24 heavy (non-hydrogen) atoms. The van der Waals surface area contributed by atoms with Gasteiger partial charge in [0.25, 0.3) is 5.69 Å². The third-order valence-corrected chi connectivity index (χ3v) is 4.41. The number of aliphatic carboxylic acids is 1. The van der Waals surface area contributed by atoms with Crippen LogP contribution < -0.4 is 0 Å². The molecule has 0 saturated carbocycles. The van der Waals surface area contributed by atoms with Crippen LogP contribution in [0.15, 0.2) is 24.4 Å². The number of H-pyrrole nitrogens is 1. The van der Waals surface area contributed by atoms with Crippen molar-refractivity contribution in [1.82, 2.24) is 9.88 Å². The van der Waals surface area contributed by atoms with E-state index < -0.39 is 16.9 Å².